The lowest BCUT2D eigenvalue weighted by molar-refractivity contribution is 0.472. The summed E-state index contributed by atoms with van der Waals surface area (Å²) in [6.45, 7) is 0. The van der Waals surface area contributed by atoms with Gasteiger partial charge in [-0.15, -0.1) is 0 Å². The molecule has 0 bridgehead atoms. The predicted octanol–water partition coefficient (Wildman–Crippen LogP) is 2.56. The number of hydrogen-bond acceptors (Lipinski definition) is 4. The smallest absolute Gasteiger partial charge is 0.144 e. The molecule has 0 aliphatic heterocycles. The molecule has 0 radical (unpaired) electrons. The molecular weight excluding hydrogens is 206 g/mol. The van der Waals surface area contributed by atoms with Crippen molar-refractivity contribution in [1.29, 1.82) is 0 Å². The highest BCUT2D eigenvalue weighted by Crippen LogP contribution is 2.28. The number of nitrogens with zero attached hydrogens (tertiary/aromatic N) is 2. The normalized spacial score (nSPS) is 26.2. The molecule has 0 aromatic carbocycles. The Hall–Kier alpha value is -0.770. The van der Waals surface area contributed by atoms with Gasteiger partial charge < -0.3 is 5.32 Å². The van der Waals surface area contributed by atoms with E-state index in [2.05, 4.69) is 21.5 Å². The van der Waals surface area contributed by atoms with Gasteiger partial charge >= 0.3 is 0 Å². The van der Waals surface area contributed by atoms with Crippen LogP contribution in [0.2, 0.25) is 0 Å². The van der Waals surface area contributed by atoms with Crippen LogP contribution in [0.15, 0.2) is 18.6 Å². The maximum Gasteiger partial charge on any atom is 0.144 e. The Balaban J connectivity index is 1.89. The van der Waals surface area contributed by atoms with Crippen molar-refractivity contribution >= 4 is 17.6 Å². The summed E-state index contributed by atoms with van der Waals surface area (Å²) in [5, 5.41) is 4.27. The first kappa shape index (κ1) is 10.7. The molecular formula is C11H17N3S. The number of anilines is 1. The molecule has 4 heteroatoms. The van der Waals surface area contributed by atoms with Crippen molar-refractivity contribution in [3.05, 3.63) is 18.6 Å². The molecule has 3 nitrogen and oxygen atoms in total. The van der Waals surface area contributed by atoms with Gasteiger partial charge in [0.1, 0.15) is 5.82 Å². The van der Waals surface area contributed by atoms with E-state index in [1.165, 1.54) is 25.7 Å². The first-order valence-corrected chi connectivity index (χ1v) is 6.72. The first-order chi connectivity index (χ1) is 7.38. The first-order valence-electron chi connectivity index (χ1n) is 5.44. The van der Waals surface area contributed by atoms with Gasteiger partial charge in [0.05, 0.1) is 6.20 Å². The van der Waals surface area contributed by atoms with Crippen LogP contribution in [-0.4, -0.2) is 27.5 Å². The second-order valence-corrected chi connectivity index (χ2v) is 5.09. The van der Waals surface area contributed by atoms with Gasteiger partial charge in [0.25, 0.3) is 0 Å². The number of nitrogens with one attached hydrogen (secondary N) is 1. The molecule has 15 heavy (non-hydrogen) atoms. The van der Waals surface area contributed by atoms with Crippen LogP contribution in [0, 0.1) is 0 Å². The Morgan fingerprint density at radius 3 is 3.07 bits per heavy atom. The van der Waals surface area contributed by atoms with Crippen LogP contribution in [0.4, 0.5) is 5.82 Å². The van der Waals surface area contributed by atoms with Gasteiger partial charge in [-0.3, -0.25) is 4.98 Å². The van der Waals surface area contributed by atoms with E-state index in [1.54, 1.807) is 18.6 Å². The van der Waals surface area contributed by atoms with Gasteiger partial charge in [0.15, 0.2) is 0 Å². The average Bonchev–Trinajstić information content (AvgIpc) is 2.31. The third-order valence-corrected chi connectivity index (χ3v) is 3.97. The lowest BCUT2D eigenvalue weighted by atomic mass is 9.95. The number of rotatable bonds is 3. The van der Waals surface area contributed by atoms with Crippen LogP contribution in [0.3, 0.4) is 0 Å². The molecule has 2 atom stereocenters. The van der Waals surface area contributed by atoms with Crippen molar-refractivity contribution in [3.8, 4) is 0 Å². The van der Waals surface area contributed by atoms with Gasteiger partial charge in [-0.2, -0.15) is 11.8 Å². The molecule has 1 N–H and O–H groups in total. The lowest BCUT2D eigenvalue weighted by Crippen LogP contribution is -2.28. The van der Waals surface area contributed by atoms with E-state index < -0.39 is 0 Å². The molecule has 0 amide bonds. The zero-order valence-corrected chi connectivity index (χ0v) is 9.83. The third kappa shape index (κ3) is 3.09. The van der Waals surface area contributed by atoms with E-state index in [1.807, 2.05) is 11.8 Å². The Morgan fingerprint density at radius 1 is 1.40 bits per heavy atom. The minimum atomic E-state index is 0.577. The van der Waals surface area contributed by atoms with Gasteiger partial charge in [-0.25, -0.2) is 4.98 Å². The van der Waals surface area contributed by atoms with Crippen LogP contribution >= 0.6 is 11.8 Å². The summed E-state index contributed by atoms with van der Waals surface area (Å²) in [5.41, 5.74) is 0. The van der Waals surface area contributed by atoms with Crippen molar-refractivity contribution in [3.63, 3.8) is 0 Å². The predicted molar refractivity (Wildman–Crippen MR) is 65.2 cm³/mol. The SMILES string of the molecule is CS[C@@H]1CCC[C@H](Nc2cnccn2)C1. The van der Waals surface area contributed by atoms with Crippen LogP contribution in [0.5, 0.6) is 0 Å². The molecule has 1 aromatic rings. The molecule has 1 aromatic heterocycles. The Labute approximate surface area is 95.1 Å². The zero-order valence-electron chi connectivity index (χ0n) is 9.02. The molecule has 1 fully saturated rings. The highest BCUT2D eigenvalue weighted by molar-refractivity contribution is 7.99. The van der Waals surface area contributed by atoms with Gasteiger partial charge in [-0.1, -0.05) is 6.42 Å². The number of thioether (sulfide) groups is 1. The van der Waals surface area contributed by atoms with Crippen LogP contribution in [0.25, 0.3) is 0 Å². The summed E-state index contributed by atoms with van der Waals surface area (Å²) in [4.78, 5) is 8.30. The van der Waals surface area contributed by atoms with Crippen molar-refractivity contribution in [2.24, 2.45) is 0 Å². The molecule has 1 aliphatic carbocycles. The quantitative estimate of drug-likeness (QED) is 0.854. The topological polar surface area (TPSA) is 37.8 Å². The summed E-state index contributed by atoms with van der Waals surface area (Å²) in [6, 6.07) is 0.577. The number of hydrogen-bond donors (Lipinski definition) is 1. The van der Waals surface area contributed by atoms with E-state index >= 15 is 0 Å². The van der Waals surface area contributed by atoms with Crippen molar-refractivity contribution < 1.29 is 0 Å². The van der Waals surface area contributed by atoms with Crippen LogP contribution in [0.1, 0.15) is 25.7 Å². The minimum Gasteiger partial charge on any atom is -0.366 e. The van der Waals surface area contributed by atoms with E-state index in [0.717, 1.165) is 11.1 Å². The van der Waals surface area contributed by atoms with Crippen molar-refractivity contribution in [1.82, 2.24) is 9.97 Å². The summed E-state index contributed by atoms with van der Waals surface area (Å²) >= 11 is 1.98. The fourth-order valence-electron chi connectivity index (χ4n) is 2.07. The van der Waals surface area contributed by atoms with E-state index in [4.69, 9.17) is 0 Å². The second-order valence-electron chi connectivity index (χ2n) is 3.96. The fraction of sp³-hybridized carbons (Fsp3) is 0.636. The monoisotopic (exact) mass is 223 g/mol. The maximum absolute atomic E-state index is 4.24. The Kier molecular flexibility index (Phi) is 3.83. The summed E-state index contributed by atoms with van der Waals surface area (Å²) < 4.78 is 0. The third-order valence-electron chi connectivity index (χ3n) is 2.87. The standard InChI is InChI=1S/C11H17N3S/c1-15-10-4-2-3-9(7-10)14-11-8-12-5-6-13-11/h5-6,8-10H,2-4,7H2,1H3,(H,13,14)/t9-,10+/m0/s1. The molecule has 2 rings (SSSR count). The molecule has 1 aliphatic rings. The highest BCUT2D eigenvalue weighted by Gasteiger charge is 2.21. The van der Waals surface area contributed by atoms with Gasteiger partial charge in [0.2, 0.25) is 0 Å². The van der Waals surface area contributed by atoms with Gasteiger partial charge in [0, 0.05) is 23.7 Å². The molecule has 0 unspecified atom stereocenters. The molecule has 1 heterocycles. The van der Waals surface area contributed by atoms with Crippen LogP contribution < -0.4 is 5.32 Å². The van der Waals surface area contributed by atoms with E-state index in [-0.39, 0.29) is 0 Å². The van der Waals surface area contributed by atoms with E-state index in [0.29, 0.717) is 6.04 Å². The number of aromatic nitrogens is 2. The van der Waals surface area contributed by atoms with Crippen molar-refractivity contribution in [2.45, 2.75) is 37.0 Å². The summed E-state index contributed by atoms with van der Waals surface area (Å²) in [5.74, 6) is 0.907. The van der Waals surface area contributed by atoms with Crippen LogP contribution in [-0.2, 0) is 0 Å². The summed E-state index contributed by atoms with van der Waals surface area (Å²) in [7, 11) is 0. The fourth-order valence-corrected chi connectivity index (χ4v) is 2.90. The highest BCUT2D eigenvalue weighted by atomic mass is 32.2. The maximum atomic E-state index is 4.24. The second kappa shape index (κ2) is 5.35. The summed E-state index contributed by atoms with van der Waals surface area (Å²) in [6.07, 6.45) is 12.6. The Bertz CT molecular complexity index is 291. The molecule has 1 saturated carbocycles. The molecule has 0 saturated heterocycles. The lowest BCUT2D eigenvalue weighted by Gasteiger charge is -2.28. The largest absolute Gasteiger partial charge is 0.366 e. The Morgan fingerprint density at radius 2 is 2.33 bits per heavy atom. The molecule has 82 valence electrons. The zero-order chi connectivity index (χ0) is 10.5. The van der Waals surface area contributed by atoms with E-state index in [9.17, 15) is 0 Å². The minimum absolute atomic E-state index is 0.577. The van der Waals surface area contributed by atoms with Gasteiger partial charge in [-0.05, 0) is 25.5 Å². The average molecular weight is 223 g/mol. The van der Waals surface area contributed by atoms with Crippen molar-refractivity contribution in [2.75, 3.05) is 11.6 Å². The molecule has 0 spiro atoms.